The summed E-state index contributed by atoms with van der Waals surface area (Å²) in [6, 6.07) is 6.16. The summed E-state index contributed by atoms with van der Waals surface area (Å²) >= 11 is 6.42. The molecule has 3 nitrogen and oxygen atoms in total. The van der Waals surface area contributed by atoms with Gasteiger partial charge in [-0.3, -0.25) is 0 Å². The third-order valence-electron chi connectivity index (χ3n) is 3.77. The summed E-state index contributed by atoms with van der Waals surface area (Å²) in [6.07, 6.45) is 3.69. The van der Waals surface area contributed by atoms with Gasteiger partial charge in [-0.1, -0.05) is 24.6 Å². The normalized spacial score (nSPS) is 21.0. The summed E-state index contributed by atoms with van der Waals surface area (Å²) in [6.45, 7) is 6.93. The van der Waals surface area contributed by atoms with Crippen LogP contribution < -0.4 is 10.6 Å². The summed E-state index contributed by atoms with van der Waals surface area (Å²) in [5, 5.41) is 0.788. The number of piperidine rings is 1. The standard InChI is InChI=1S/C16H25ClN2O/c1-3-9-20-14-5-4-8-19(11-14)16-7-6-13(12(2)18)10-15(16)17/h6-7,10,12,14H,3-5,8-9,11,18H2,1-2H3. The number of nitrogens with two attached hydrogens (primary N) is 1. The number of hydrogen-bond acceptors (Lipinski definition) is 3. The number of benzene rings is 1. The summed E-state index contributed by atoms with van der Waals surface area (Å²) in [7, 11) is 0. The van der Waals surface area contributed by atoms with Gasteiger partial charge in [-0.15, -0.1) is 0 Å². The third kappa shape index (κ3) is 3.87. The van der Waals surface area contributed by atoms with Crippen LogP contribution in [0.1, 0.15) is 44.7 Å². The van der Waals surface area contributed by atoms with Gasteiger partial charge in [-0.25, -0.2) is 0 Å². The molecule has 1 aliphatic rings. The lowest BCUT2D eigenvalue weighted by Gasteiger charge is -2.35. The molecular weight excluding hydrogens is 272 g/mol. The molecule has 2 N–H and O–H groups in total. The highest BCUT2D eigenvalue weighted by Crippen LogP contribution is 2.31. The molecule has 1 aromatic rings. The first-order chi connectivity index (χ1) is 9.61. The predicted molar refractivity (Wildman–Crippen MR) is 85.5 cm³/mol. The van der Waals surface area contributed by atoms with Gasteiger partial charge in [0, 0.05) is 25.7 Å². The van der Waals surface area contributed by atoms with E-state index < -0.39 is 0 Å². The molecule has 0 spiro atoms. The lowest BCUT2D eigenvalue weighted by molar-refractivity contribution is 0.0440. The van der Waals surface area contributed by atoms with Gasteiger partial charge in [-0.2, -0.15) is 0 Å². The second kappa shape index (κ2) is 7.30. The van der Waals surface area contributed by atoms with Crippen LogP contribution in [-0.4, -0.2) is 25.8 Å². The van der Waals surface area contributed by atoms with Crippen molar-refractivity contribution in [3.8, 4) is 0 Å². The Morgan fingerprint density at radius 3 is 2.95 bits per heavy atom. The Bertz CT molecular complexity index is 436. The minimum Gasteiger partial charge on any atom is -0.376 e. The van der Waals surface area contributed by atoms with E-state index in [1.807, 2.05) is 13.0 Å². The molecule has 0 aliphatic carbocycles. The maximum atomic E-state index is 6.42. The molecule has 0 amide bonds. The SMILES string of the molecule is CCCOC1CCCN(c2ccc(C(C)N)cc2Cl)C1. The van der Waals surface area contributed by atoms with E-state index in [0.29, 0.717) is 6.10 Å². The predicted octanol–water partition coefficient (Wildman–Crippen LogP) is 3.76. The maximum Gasteiger partial charge on any atom is 0.0750 e. The smallest absolute Gasteiger partial charge is 0.0750 e. The Morgan fingerprint density at radius 2 is 2.30 bits per heavy atom. The van der Waals surface area contributed by atoms with E-state index in [1.165, 1.54) is 0 Å². The van der Waals surface area contributed by atoms with Crippen LogP contribution in [0.2, 0.25) is 5.02 Å². The summed E-state index contributed by atoms with van der Waals surface area (Å²) in [5.74, 6) is 0. The second-order valence-electron chi connectivity index (χ2n) is 5.58. The van der Waals surface area contributed by atoms with Gasteiger partial charge < -0.3 is 15.4 Å². The number of anilines is 1. The Hall–Kier alpha value is -0.770. The fourth-order valence-electron chi connectivity index (χ4n) is 2.64. The van der Waals surface area contributed by atoms with E-state index >= 15 is 0 Å². The molecule has 1 aromatic carbocycles. The van der Waals surface area contributed by atoms with Crippen molar-refractivity contribution in [2.75, 3.05) is 24.6 Å². The minimum absolute atomic E-state index is 0.0172. The molecule has 1 fully saturated rings. The van der Waals surface area contributed by atoms with Crippen LogP contribution in [0, 0.1) is 0 Å². The Morgan fingerprint density at radius 1 is 1.50 bits per heavy atom. The molecule has 2 rings (SSSR count). The molecular formula is C16H25ClN2O. The highest BCUT2D eigenvalue weighted by atomic mass is 35.5. The minimum atomic E-state index is 0.0172. The van der Waals surface area contributed by atoms with Gasteiger partial charge in [0.05, 0.1) is 16.8 Å². The Labute approximate surface area is 127 Å². The van der Waals surface area contributed by atoms with Gasteiger partial charge in [0.2, 0.25) is 0 Å². The molecule has 1 heterocycles. The van der Waals surface area contributed by atoms with Crippen LogP contribution in [0.3, 0.4) is 0 Å². The van der Waals surface area contributed by atoms with Crippen LogP contribution in [0.4, 0.5) is 5.69 Å². The molecule has 2 atom stereocenters. The quantitative estimate of drug-likeness (QED) is 0.899. The Balaban J connectivity index is 2.06. The lowest BCUT2D eigenvalue weighted by atomic mass is 10.1. The van der Waals surface area contributed by atoms with Crippen LogP contribution in [0.5, 0.6) is 0 Å². The zero-order valence-corrected chi connectivity index (χ0v) is 13.2. The largest absolute Gasteiger partial charge is 0.376 e. The van der Waals surface area contributed by atoms with Gasteiger partial charge >= 0.3 is 0 Å². The number of halogens is 1. The maximum absolute atomic E-state index is 6.42. The topological polar surface area (TPSA) is 38.5 Å². The van der Waals surface area contributed by atoms with Gasteiger partial charge in [0.25, 0.3) is 0 Å². The summed E-state index contributed by atoms with van der Waals surface area (Å²) < 4.78 is 5.88. The van der Waals surface area contributed by atoms with E-state index in [2.05, 4.69) is 24.0 Å². The molecule has 0 saturated carbocycles. The zero-order valence-electron chi connectivity index (χ0n) is 12.4. The van der Waals surface area contributed by atoms with Crippen molar-refractivity contribution in [1.82, 2.24) is 0 Å². The van der Waals surface area contributed by atoms with Gasteiger partial charge in [0.15, 0.2) is 0 Å². The Kier molecular flexibility index (Phi) is 5.70. The van der Waals surface area contributed by atoms with Crippen LogP contribution in [0.15, 0.2) is 18.2 Å². The molecule has 2 unspecified atom stereocenters. The van der Waals surface area contributed by atoms with Crippen molar-refractivity contribution in [2.45, 2.75) is 45.3 Å². The van der Waals surface area contributed by atoms with Crippen molar-refractivity contribution in [3.63, 3.8) is 0 Å². The van der Waals surface area contributed by atoms with E-state index in [9.17, 15) is 0 Å². The van der Waals surface area contributed by atoms with Crippen molar-refractivity contribution in [1.29, 1.82) is 0 Å². The second-order valence-corrected chi connectivity index (χ2v) is 5.99. The molecule has 20 heavy (non-hydrogen) atoms. The fraction of sp³-hybridized carbons (Fsp3) is 0.625. The molecule has 1 saturated heterocycles. The van der Waals surface area contributed by atoms with Crippen molar-refractivity contribution in [2.24, 2.45) is 5.73 Å². The average Bonchev–Trinajstić information content (AvgIpc) is 2.45. The van der Waals surface area contributed by atoms with Gasteiger partial charge in [-0.05, 0) is 43.9 Å². The third-order valence-corrected chi connectivity index (χ3v) is 4.08. The molecule has 0 radical (unpaired) electrons. The zero-order chi connectivity index (χ0) is 14.5. The van der Waals surface area contributed by atoms with E-state index in [0.717, 1.165) is 55.2 Å². The first-order valence-electron chi connectivity index (χ1n) is 7.53. The molecule has 1 aliphatic heterocycles. The van der Waals surface area contributed by atoms with Crippen LogP contribution in [0.25, 0.3) is 0 Å². The van der Waals surface area contributed by atoms with E-state index in [-0.39, 0.29) is 6.04 Å². The monoisotopic (exact) mass is 296 g/mol. The average molecular weight is 297 g/mol. The summed E-state index contributed by atoms with van der Waals surface area (Å²) in [4.78, 5) is 2.33. The van der Waals surface area contributed by atoms with Crippen LogP contribution in [-0.2, 0) is 4.74 Å². The molecule has 4 heteroatoms. The number of nitrogens with zero attached hydrogens (tertiary/aromatic N) is 1. The highest BCUT2D eigenvalue weighted by molar-refractivity contribution is 6.33. The molecule has 0 aromatic heterocycles. The first-order valence-corrected chi connectivity index (χ1v) is 7.91. The number of hydrogen-bond donors (Lipinski definition) is 1. The molecule has 112 valence electrons. The van der Waals surface area contributed by atoms with Gasteiger partial charge in [0.1, 0.15) is 0 Å². The number of rotatable bonds is 5. The van der Waals surface area contributed by atoms with Crippen molar-refractivity contribution >= 4 is 17.3 Å². The molecule has 0 bridgehead atoms. The van der Waals surface area contributed by atoms with Crippen molar-refractivity contribution < 1.29 is 4.74 Å². The van der Waals surface area contributed by atoms with E-state index in [4.69, 9.17) is 22.1 Å². The highest BCUT2D eigenvalue weighted by Gasteiger charge is 2.22. The summed E-state index contributed by atoms with van der Waals surface area (Å²) in [5.41, 5.74) is 8.07. The first kappa shape index (κ1) is 15.6. The fourth-order valence-corrected chi connectivity index (χ4v) is 2.95. The van der Waals surface area contributed by atoms with E-state index in [1.54, 1.807) is 0 Å². The lowest BCUT2D eigenvalue weighted by Crippen LogP contribution is -2.40. The number of ether oxygens (including phenoxy) is 1. The van der Waals surface area contributed by atoms with Crippen LogP contribution >= 0.6 is 11.6 Å². The van der Waals surface area contributed by atoms with Crippen molar-refractivity contribution in [3.05, 3.63) is 28.8 Å².